The van der Waals surface area contributed by atoms with Gasteiger partial charge in [0.05, 0.1) is 11.6 Å². The SMILES string of the molecule is Cc1noc([C@@H]2C[C@H](NC(=O)c3cccnc3)CN2C)n1. The van der Waals surface area contributed by atoms with Crippen LogP contribution in [-0.2, 0) is 0 Å². The van der Waals surface area contributed by atoms with Gasteiger partial charge in [-0.3, -0.25) is 14.7 Å². The molecule has 2 aromatic heterocycles. The molecule has 0 unspecified atom stereocenters. The summed E-state index contributed by atoms with van der Waals surface area (Å²) in [7, 11) is 1.99. The second-order valence-corrected chi connectivity index (χ2v) is 5.28. The number of aryl methyl sites for hydroxylation is 1. The number of hydrogen-bond acceptors (Lipinski definition) is 6. The molecule has 1 aliphatic heterocycles. The molecule has 3 heterocycles. The summed E-state index contributed by atoms with van der Waals surface area (Å²) in [5.74, 6) is 1.12. The van der Waals surface area contributed by atoms with Crippen LogP contribution in [0.3, 0.4) is 0 Å². The molecule has 110 valence electrons. The van der Waals surface area contributed by atoms with Crippen molar-refractivity contribution in [3.63, 3.8) is 0 Å². The van der Waals surface area contributed by atoms with Crippen LogP contribution in [0.5, 0.6) is 0 Å². The fourth-order valence-electron chi connectivity index (χ4n) is 2.61. The van der Waals surface area contributed by atoms with Crippen LogP contribution >= 0.6 is 0 Å². The Bertz CT molecular complexity index is 627. The molecule has 7 heteroatoms. The Kier molecular flexibility index (Phi) is 3.66. The quantitative estimate of drug-likeness (QED) is 0.904. The van der Waals surface area contributed by atoms with E-state index in [0.717, 1.165) is 13.0 Å². The Labute approximate surface area is 122 Å². The first kappa shape index (κ1) is 13.7. The van der Waals surface area contributed by atoms with Crippen molar-refractivity contribution in [2.45, 2.75) is 25.4 Å². The Balaban J connectivity index is 1.65. The van der Waals surface area contributed by atoms with Gasteiger partial charge in [-0.05, 0) is 32.5 Å². The number of carbonyl (C=O) groups excluding carboxylic acids is 1. The van der Waals surface area contributed by atoms with E-state index in [9.17, 15) is 4.79 Å². The Morgan fingerprint density at radius 3 is 3.05 bits per heavy atom. The Hall–Kier alpha value is -2.28. The molecule has 0 aliphatic carbocycles. The monoisotopic (exact) mass is 287 g/mol. The van der Waals surface area contributed by atoms with Crippen molar-refractivity contribution >= 4 is 5.91 Å². The third-order valence-electron chi connectivity index (χ3n) is 3.64. The summed E-state index contributed by atoms with van der Waals surface area (Å²) in [6.45, 7) is 2.54. The van der Waals surface area contributed by atoms with Crippen LogP contribution in [0.1, 0.15) is 34.5 Å². The summed E-state index contributed by atoms with van der Waals surface area (Å²) < 4.78 is 5.23. The predicted octanol–water partition coefficient (Wildman–Crippen LogP) is 0.948. The summed E-state index contributed by atoms with van der Waals surface area (Å²) in [5, 5.41) is 6.84. The van der Waals surface area contributed by atoms with Gasteiger partial charge in [-0.2, -0.15) is 4.98 Å². The number of likely N-dealkylation sites (N-methyl/N-ethyl adjacent to an activating group) is 1. The lowest BCUT2D eigenvalue weighted by molar-refractivity contribution is 0.0938. The molecule has 2 atom stereocenters. The maximum absolute atomic E-state index is 12.1. The highest BCUT2D eigenvalue weighted by molar-refractivity contribution is 5.94. The molecule has 0 spiro atoms. The zero-order chi connectivity index (χ0) is 14.8. The van der Waals surface area contributed by atoms with Crippen LogP contribution in [0.15, 0.2) is 29.0 Å². The molecule has 1 aliphatic rings. The second kappa shape index (κ2) is 5.61. The standard InChI is InChI=1S/C14H17N5O2/c1-9-16-14(21-18-9)12-6-11(8-19(12)2)17-13(20)10-4-3-5-15-7-10/h3-5,7,11-12H,6,8H2,1-2H3,(H,17,20)/t11-,12-/m0/s1. The van der Waals surface area contributed by atoms with Crippen LogP contribution in [0.4, 0.5) is 0 Å². The first-order valence-corrected chi connectivity index (χ1v) is 6.85. The number of carbonyl (C=O) groups is 1. The van der Waals surface area contributed by atoms with E-state index < -0.39 is 0 Å². The molecule has 2 aromatic rings. The molecule has 0 aromatic carbocycles. The van der Waals surface area contributed by atoms with E-state index in [1.165, 1.54) is 0 Å². The first-order chi connectivity index (χ1) is 10.1. The number of amides is 1. The van der Waals surface area contributed by atoms with E-state index in [4.69, 9.17) is 4.52 Å². The lowest BCUT2D eigenvalue weighted by Crippen LogP contribution is -2.36. The fraction of sp³-hybridized carbons (Fsp3) is 0.429. The number of rotatable bonds is 3. The molecule has 7 nitrogen and oxygen atoms in total. The molecule has 3 rings (SSSR count). The molecule has 1 fully saturated rings. The lowest BCUT2D eigenvalue weighted by Gasteiger charge is -2.14. The summed E-state index contributed by atoms with van der Waals surface area (Å²) in [6, 6.07) is 3.60. The van der Waals surface area contributed by atoms with E-state index in [-0.39, 0.29) is 18.0 Å². The molecule has 0 saturated carbocycles. The van der Waals surface area contributed by atoms with Gasteiger partial charge in [-0.25, -0.2) is 0 Å². The van der Waals surface area contributed by atoms with Crippen molar-refractivity contribution in [2.24, 2.45) is 0 Å². The second-order valence-electron chi connectivity index (χ2n) is 5.28. The highest BCUT2D eigenvalue weighted by atomic mass is 16.5. The van der Waals surface area contributed by atoms with Gasteiger partial charge in [0.15, 0.2) is 5.82 Å². The number of likely N-dealkylation sites (tertiary alicyclic amines) is 1. The molecule has 1 amide bonds. The average Bonchev–Trinajstić information content (AvgIpc) is 3.06. The number of hydrogen-bond donors (Lipinski definition) is 1. The van der Waals surface area contributed by atoms with E-state index in [2.05, 4.69) is 25.3 Å². The van der Waals surface area contributed by atoms with Crippen molar-refractivity contribution in [1.29, 1.82) is 0 Å². The summed E-state index contributed by atoms with van der Waals surface area (Å²) in [4.78, 5) is 22.5. The molecule has 1 N–H and O–H groups in total. The summed E-state index contributed by atoms with van der Waals surface area (Å²) in [5.41, 5.74) is 0.567. The van der Waals surface area contributed by atoms with Gasteiger partial charge in [0, 0.05) is 25.0 Å². The summed E-state index contributed by atoms with van der Waals surface area (Å²) in [6.07, 6.45) is 3.96. The fourth-order valence-corrected chi connectivity index (χ4v) is 2.61. The van der Waals surface area contributed by atoms with E-state index >= 15 is 0 Å². The van der Waals surface area contributed by atoms with Crippen LogP contribution < -0.4 is 5.32 Å². The zero-order valence-corrected chi connectivity index (χ0v) is 12.0. The normalized spacial score (nSPS) is 22.4. The molecule has 21 heavy (non-hydrogen) atoms. The summed E-state index contributed by atoms with van der Waals surface area (Å²) >= 11 is 0. The van der Waals surface area contributed by atoms with Gasteiger partial charge >= 0.3 is 0 Å². The largest absolute Gasteiger partial charge is 0.348 e. The molecular formula is C14H17N5O2. The van der Waals surface area contributed by atoms with Crippen molar-refractivity contribution in [3.05, 3.63) is 41.8 Å². The van der Waals surface area contributed by atoms with Crippen LogP contribution in [0.2, 0.25) is 0 Å². The van der Waals surface area contributed by atoms with Crippen molar-refractivity contribution in [1.82, 2.24) is 25.3 Å². The molecule has 0 radical (unpaired) electrons. The zero-order valence-electron chi connectivity index (χ0n) is 12.0. The minimum absolute atomic E-state index is 0.0467. The third-order valence-corrected chi connectivity index (χ3v) is 3.64. The smallest absolute Gasteiger partial charge is 0.253 e. The molecule has 0 bridgehead atoms. The first-order valence-electron chi connectivity index (χ1n) is 6.85. The average molecular weight is 287 g/mol. The van der Waals surface area contributed by atoms with Gasteiger partial charge in [-0.15, -0.1) is 0 Å². The van der Waals surface area contributed by atoms with E-state index in [1.54, 1.807) is 31.5 Å². The number of nitrogens with one attached hydrogen (secondary N) is 1. The van der Waals surface area contributed by atoms with Gasteiger partial charge in [0.1, 0.15) is 0 Å². The number of nitrogens with zero attached hydrogens (tertiary/aromatic N) is 4. The minimum atomic E-state index is -0.108. The van der Waals surface area contributed by atoms with Crippen molar-refractivity contribution in [3.8, 4) is 0 Å². The topological polar surface area (TPSA) is 84.2 Å². The van der Waals surface area contributed by atoms with Crippen LogP contribution in [-0.4, -0.2) is 45.6 Å². The van der Waals surface area contributed by atoms with Gasteiger partial charge < -0.3 is 9.84 Å². The van der Waals surface area contributed by atoms with Gasteiger partial charge in [0.25, 0.3) is 5.91 Å². The number of aromatic nitrogens is 3. The predicted molar refractivity (Wildman–Crippen MR) is 74.5 cm³/mol. The minimum Gasteiger partial charge on any atom is -0.348 e. The van der Waals surface area contributed by atoms with Crippen LogP contribution in [0, 0.1) is 6.92 Å². The van der Waals surface area contributed by atoms with E-state index in [0.29, 0.717) is 17.3 Å². The van der Waals surface area contributed by atoms with Crippen molar-refractivity contribution in [2.75, 3.05) is 13.6 Å². The van der Waals surface area contributed by atoms with Gasteiger partial charge in [-0.1, -0.05) is 5.16 Å². The third kappa shape index (κ3) is 2.92. The van der Waals surface area contributed by atoms with Crippen molar-refractivity contribution < 1.29 is 9.32 Å². The maximum atomic E-state index is 12.1. The maximum Gasteiger partial charge on any atom is 0.253 e. The Morgan fingerprint density at radius 2 is 2.38 bits per heavy atom. The highest BCUT2D eigenvalue weighted by Gasteiger charge is 2.35. The molecule has 1 saturated heterocycles. The van der Waals surface area contributed by atoms with Crippen LogP contribution in [0.25, 0.3) is 0 Å². The van der Waals surface area contributed by atoms with Gasteiger partial charge in [0.2, 0.25) is 5.89 Å². The highest BCUT2D eigenvalue weighted by Crippen LogP contribution is 2.29. The molecular weight excluding hydrogens is 270 g/mol. The lowest BCUT2D eigenvalue weighted by atomic mass is 10.1. The Morgan fingerprint density at radius 1 is 1.52 bits per heavy atom. The number of pyridine rings is 1. The van der Waals surface area contributed by atoms with E-state index in [1.807, 2.05) is 7.05 Å².